The van der Waals surface area contributed by atoms with E-state index >= 15 is 0 Å². The molecule has 3 atom stereocenters. The van der Waals surface area contributed by atoms with Gasteiger partial charge in [0, 0.05) is 33.6 Å². The van der Waals surface area contributed by atoms with Crippen LogP contribution in [-0.4, -0.2) is 29.5 Å². The summed E-state index contributed by atoms with van der Waals surface area (Å²) < 4.78 is 20.7. The highest BCUT2D eigenvalue weighted by molar-refractivity contribution is 6.31. The van der Waals surface area contributed by atoms with Crippen LogP contribution in [-0.2, 0) is 19.8 Å². The van der Waals surface area contributed by atoms with E-state index in [1.807, 2.05) is 0 Å². The van der Waals surface area contributed by atoms with Gasteiger partial charge in [0.25, 0.3) is 0 Å². The van der Waals surface area contributed by atoms with Gasteiger partial charge >= 0.3 is 5.97 Å². The van der Waals surface area contributed by atoms with Gasteiger partial charge in [-0.1, -0.05) is 35.3 Å². The van der Waals surface area contributed by atoms with Gasteiger partial charge in [-0.25, -0.2) is 4.39 Å². The number of rotatable bonds is 6. The molecule has 3 aromatic rings. The van der Waals surface area contributed by atoms with Crippen LogP contribution in [0.1, 0.15) is 54.5 Å². The first kappa shape index (κ1) is 27.9. The minimum atomic E-state index is -1.45. The summed E-state index contributed by atoms with van der Waals surface area (Å²) in [5, 5.41) is 16.3. The Labute approximate surface area is 240 Å². The third kappa shape index (κ3) is 4.59. The van der Waals surface area contributed by atoms with Gasteiger partial charge < -0.3 is 20.5 Å². The smallest absolute Gasteiger partial charge is 0.312 e. The number of nitrogens with one attached hydrogen (secondary N) is 2. The van der Waals surface area contributed by atoms with E-state index in [-0.39, 0.29) is 18.9 Å². The maximum absolute atomic E-state index is 14.6. The summed E-state index contributed by atoms with van der Waals surface area (Å²) in [7, 11) is 0. The molecule has 0 unspecified atom stereocenters. The van der Waals surface area contributed by atoms with E-state index in [9.17, 15) is 23.9 Å². The standard InChI is InChI=1S/C30H27Cl2FN2O5/c1-15-4-7-18(33)12-19(15)26-30(21-8-5-17(32)11-23(21)34-27(30)37)22(13-25(36)35-26)20-10-16(31)6-9-24(20)40-14-29(2,3)28(38)39/h4-12,22,26H,13-14H2,1-3H3,(H,34,37)(H,35,36)(H,38,39)/t22-,26+,30-/m0/s1. The molecule has 2 amide bonds. The van der Waals surface area contributed by atoms with Gasteiger partial charge in [-0.05, 0) is 79.9 Å². The van der Waals surface area contributed by atoms with Crippen LogP contribution in [0.4, 0.5) is 10.1 Å². The number of hydrogen-bond donors (Lipinski definition) is 3. The fraction of sp³-hybridized carbons (Fsp3) is 0.300. The SMILES string of the molecule is Cc1ccc(F)cc1[C@H]1NC(=O)C[C@@H](c2cc(Cl)ccc2OCC(C)(C)C(=O)O)[C@]12C(=O)Nc1cc(Cl)ccc12. The zero-order chi connectivity index (χ0) is 29.0. The van der Waals surface area contributed by atoms with E-state index in [1.54, 1.807) is 49.4 Å². The number of carboxylic acid groups (broad SMARTS) is 1. The Morgan fingerprint density at radius 1 is 1.07 bits per heavy atom. The molecule has 40 heavy (non-hydrogen) atoms. The van der Waals surface area contributed by atoms with Crippen LogP contribution in [0.15, 0.2) is 54.6 Å². The van der Waals surface area contributed by atoms with E-state index in [1.165, 1.54) is 26.0 Å². The van der Waals surface area contributed by atoms with E-state index in [0.29, 0.717) is 43.7 Å². The van der Waals surface area contributed by atoms with Crippen molar-refractivity contribution in [2.45, 2.75) is 44.6 Å². The molecular weight excluding hydrogens is 558 g/mol. The first-order chi connectivity index (χ1) is 18.8. The highest BCUT2D eigenvalue weighted by Crippen LogP contribution is 2.59. The average Bonchev–Trinajstić information content (AvgIpc) is 3.17. The monoisotopic (exact) mass is 584 g/mol. The molecule has 3 aromatic carbocycles. The summed E-state index contributed by atoms with van der Waals surface area (Å²) in [6.45, 7) is 4.69. The van der Waals surface area contributed by atoms with Crippen molar-refractivity contribution >= 4 is 46.7 Å². The predicted molar refractivity (Wildman–Crippen MR) is 150 cm³/mol. The van der Waals surface area contributed by atoms with Gasteiger partial charge in [-0.2, -0.15) is 0 Å². The number of fused-ring (bicyclic) bond motifs is 2. The van der Waals surface area contributed by atoms with Gasteiger partial charge in [0.1, 0.15) is 23.6 Å². The van der Waals surface area contributed by atoms with Gasteiger partial charge in [0.15, 0.2) is 0 Å². The normalized spacial score (nSPS) is 22.1. The Bertz CT molecular complexity index is 1560. The van der Waals surface area contributed by atoms with Crippen molar-refractivity contribution in [2.24, 2.45) is 5.41 Å². The summed E-state index contributed by atoms with van der Waals surface area (Å²) >= 11 is 12.7. The van der Waals surface area contributed by atoms with Crippen LogP contribution in [0, 0.1) is 18.2 Å². The molecule has 5 rings (SSSR count). The molecule has 1 saturated heterocycles. The molecule has 0 aromatic heterocycles. The number of carbonyl (C=O) groups excluding carboxylic acids is 2. The van der Waals surface area contributed by atoms with Gasteiger partial charge in [0.2, 0.25) is 11.8 Å². The van der Waals surface area contributed by atoms with Crippen LogP contribution in [0.3, 0.4) is 0 Å². The Kier molecular flexibility index (Phi) is 7.04. The molecule has 1 fully saturated rings. The number of hydrogen-bond acceptors (Lipinski definition) is 4. The fourth-order valence-corrected chi connectivity index (χ4v) is 6.04. The summed E-state index contributed by atoms with van der Waals surface area (Å²) in [5.74, 6) is -2.83. The van der Waals surface area contributed by atoms with Crippen molar-refractivity contribution in [3.05, 3.63) is 92.7 Å². The summed E-state index contributed by atoms with van der Waals surface area (Å²) in [5.41, 5.74) is -0.00182. The third-order valence-corrected chi connectivity index (χ3v) is 8.29. The molecular formula is C30H27Cl2FN2O5. The topological polar surface area (TPSA) is 105 Å². The second-order valence-corrected chi connectivity index (χ2v) is 11.8. The number of ether oxygens (including phenoxy) is 1. The van der Waals surface area contributed by atoms with E-state index in [4.69, 9.17) is 27.9 Å². The van der Waals surface area contributed by atoms with Crippen LogP contribution < -0.4 is 15.4 Å². The number of piperidine rings is 1. The molecule has 0 bridgehead atoms. The minimum Gasteiger partial charge on any atom is -0.492 e. The molecule has 7 nitrogen and oxygen atoms in total. The van der Waals surface area contributed by atoms with Crippen molar-refractivity contribution in [1.29, 1.82) is 0 Å². The Morgan fingerprint density at radius 3 is 2.50 bits per heavy atom. The number of halogens is 3. The maximum atomic E-state index is 14.6. The average molecular weight is 585 g/mol. The van der Waals surface area contributed by atoms with Crippen molar-refractivity contribution in [2.75, 3.05) is 11.9 Å². The maximum Gasteiger partial charge on any atom is 0.312 e. The Balaban J connectivity index is 1.77. The van der Waals surface area contributed by atoms with Gasteiger partial charge in [-0.3, -0.25) is 14.4 Å². The van der Waals surface area contributed by atoms with Crippen molar-refractivity contribution in [3.63, 3.8) is 0 Å². The third-order valence-electron chi connectivity index (χ3n) is 7.82. The van der Waals surface area contributed by atoms with E-state index < -0.39 is 40.5 Å². The molecule has 2 aliphatic rings. The summed E-state index contributed by atoms with van der Waals surface area (Å²) in [4.78, 5) is 39.3. The molecule has 0 saturated carbocycles. The highest BCUT2D eigenvalue weighted by Gasteiger charge is 2.62. The summed E-state index contributed by atoms with van der Waals surface area (Å²) in [6, 6.07) is 13.2. The Hall–Kier alpha value is -3.62. The molecule has 0 radical (unpaired) electrons. The Morgan fingerprint density at radius 2 is 1.77 bits per heavy atom. The lowest BCUT2D eigenvalue weighted by molar-refractivity contribution is -0.148. The van der Waals surface area contributed by atoms with Crippen LogP contribution >= 0.6 is 23.2 Å². The number of aryl methyl sites for hydroxylation is 1. The number of aliphatic carboxylic acids is 1. The predicted octanol–water partition coefficient (Wildman–Crippen LogP) is 6.17. The highest BCUT2D eigenvalue weighted by atomic mass is 35.5. The fourth-order valence-electron chi connectivity index (χ4n) is 5.69. The quantitative estimate of drug-likeness (QED) is 0.321. The van der Waals surface area contributed by atoms with Crippen molar-refractivity contribution < 1.29 is 28.6 Å². The van der Waals surface area contributed by atoms with Crippen LogP contribution in [0.2, 0.25) is 10.0 Å². The molecule has 2 aliphatic heterocycles. The number of benzene rings is 3. The first-order valence-electron chi connectivity index (χ1n) is 12.7. The minimum absolute atomic E-state index is 0.112. The van der Waals surface area contributed by atoms with Crippen LogP contribution in [0.5, 0.6) is 5.75 Å². The molecule has 1 spiro atoms. The van der Waals surface area contributed by atoms with E-state index in [0.717, 1.165) is 0 Å². The number of anilines is 1. The summed E-state index contributed by atoms with van der Waals surface area (Å²) in [6.07, 6.45) is -0.112. The van der Waals surface area contributed by atoms with Crippen molar-refractivity contribution in [1.82, 2.24) is 5.32 Å². The number of carbonyl (C=O) groups is 3. The zero-order valence-corrected chi connectivity index (χ0v) is 23.5. The molecule has 0 aliphatic carbocycles. The lowest BCUT2D eigenvalue weighted by Crippen LogP contribution is -2.57. The number of carboxylic acids is 1. The molecule has 3 N–H and O–H groups in total. The van der Waals surface area contributed by atoms with Gasteiger partial charge in [0.05, 0.1) is 11.5 Å². The molecule has 208 valence electrons. The number of amides is 2. The molecule has 10 heteroatoms. The first-order valence-corrected chi connectivity index (χ1v) is 13.4. The van der Waals surface area contributed by atoms with Crippen molar-refractivity contribution in [3.8, 4) is 5.75 Å². The van der Waals surface area contributed by atoms with Gasteiger partial charge in [-0.15, -0.1) is 0 Å². The van der Waals surface area contributed by atoms with E-state index in [2.05, 4.69) is 10.6 Å². The lowest BCUT2D eigenvalue weighted by Gasteiger charge is -2.47. The zero-order valence-electron chi connectivity index (χ0n) is 22.0. The largest absolute Gasteiger partial charge is 0.492 e. The second kappa shape index (κ2) is 10.1. The second-order valence-electron chi connectivity index (χ2n) is 10.9. The van der Waals surface area contributed by atoms with Crippen LogP contribution in [0.25, 0.3) is 0 Å². The molecule has 2 heterocycles. The lowest BCUT2D eigenvalue weighted by atomic mass is 9.59.